The minimum absolute atomic E-state index is 0.0401. The molecule has 5 atom stereocenters. The molecule has 2 heterocycles. The summed E-state index contributed by atoms with van der Waals surface area (Å²) in [6.45, 7) is 5.79. The van der Waals surface area contributed by atoms with E-state index in [9.17, 15) is 13.2 Å². The van der Waals surface area contributed by atoms with Gasteiger partial charge in [0.2, 0.25) is 0 Å². The predicted octanol–water partition coefficient (Wildman–Crippen LogP) is 5.13. The maximum absolute atomic E-state index is 13.3. The van der Waals surface area contributed by atoms with E-state index >= 15 is 0 Å². The third-order valence-electron chi connectivity index (χ3n) is 10.2. The van der Waals surface area contributed by atoms with Crippen LogP contribution in [0.2, 0.25) is 0 Å². The van der Waals surface area contributed by atoms with Crippen molar-refractivity contribution in [2.45, 2.75) is 95.0 Å². The molecule has 2 saturated heterocycles. The van der Waals surface area contributed by atoms with Gasteiger partial charge in [0.1, 0.15) is 6.61 Å². The number of nitrogens with one attached hydrogen (secondary N) is 1. The second kappa shape index (κ2) is 13.0. The number of carbonyl (C=O) groups excluding carboxylic acids is 1. The molecule has 8 nitrogen and oxygen atoms in total. The van der Waals surface area contributed by atoms with Gasteiger partial charge in [0.05, 0.1) is 0 Å². The standard InChI is InChI=1S/C33H46N4O4S/c1-2-36(33(38)41-24-25-11-5-3-6-12-25)28-17-19-35(20-18-28)23-27-21-29(22-30(27)26-13-7-4-8-14-26)37-32-16-10-9-15-31(32)34-42(37,39)40/h3-8,11-14,27-32,34H,2,9-10,15-24H2,1H3/t27-,29?,30-,31-,32+/m1/s1. The molecular weight excluding hydrogens is 548 g/mol. The molecule has 1 unspecified atom stereocenters. The van der Waals surface area contributed by atoms with Gasteiger partial charge < -0.3 is 14.5 Å². The van der Waals surface area contributed by atoms with Crippen molar-refractivity contribution in [2.75, 3.05) is 26.2 Å². The second-order valence-electron chi connectivity index (χ2n) is 12.7. The van der Waals surface area contributed by atoms with Crippen molar-refractivity contribution in [1.29, 1.82) is 0 Å². The Morgan fingerprint density at radius 1 is 0.952 bits per heavy atom. The molecule has 2 aliphatic heterocycles. The summed E-state index contributed by atoms with van der Waals surface area (Å²) in [6.07, 6.45) is 7.52. The summed E-state index contributed by atoms with van der Waals surface area (Å²) < 4.78 is 37.2. The van der Waals surface area contributed by atoms with Gasteiger partial charge in [-0.1, -0.05) is 73.5 Å². The molecule has 0 spiro atoms. The van der Waals surface area contributed by atoms with Crippen LogP contribution in [0.25, 0.3) is 0 Å². The third kappa shape index (κ3) is 6.39. The monoisotopic (exact) mass is 594 g/mol. The summed E-state index contributed by atoms with van der Waals surface area (Å²) in [7, 11) is -3.45. The quantitative estimate of drug-likeness (QED) is 0.458. The summed E-state index contributed by atoms with van der Waals surface area (Å²) >= 11 is 0. The molecule has 9 heteroatoms. The van der Waals surface area contributed by atoms with E-state index < -0.39 is 10.2 Å². The third-order valence-corrected chi connectivity index (χ3v) is 11.9. The van der Waals surface area contributed by atoms with E-state index in [-0.39, 0.29) is 30.3 Å². The Hall–Kier alpha value is -2.46. The number of likely N-dealkylation sites (tertiary alicyclic amines) is 1. The maximum atomic E-state index is 13.3. The van der Waals surface area contributed by atoms with Gasteiger partial charge in [-0.15, -0.1) is 0 Å². The highest BCUT2D eigenvalue weighted by Gasteiger charge is 2.52. The molecule has 2 aromatic carbocycles. The van der Waals surface area contributed by atoms with E-state index in [1.165, 1.54) is 5.56 Å². The van der Waals surface area contributed by atoms with Gasteiger partial charge >= 0.3 is 6.09 Å². The number of hydrogen-bond donors (Lipinski definition) is 1. The van der Waals surface area contributed by atoms with Crippen LogP contribution in [-0.4, -0.2) is 79.0 Å². The van der Waals surface area contributed by atoms with E-state index in [1.54, 1.807) is 0 Å². The van der Waals surface area contributed by atoms with Crippen LogP contribution in [0.3, 0.4) is 0 Å². The number of benzene rings is 2. The van der Waals surface area contributed by atoms with Crippen LogP contribution in [0.15, 0.2) is 60.7 Å². The molecule has 1 amide bonds. The first-order valence-corrected chi connectivity index (χ1v) is 17.4. The number of amides is 1. The van der Waals surface area contributed by atoms with Crippen LogP contribution in [-0.2, 0) is 21.6 Å². The lowest BCUT2D eigenvalue weighted by Crippen LogP contribution is -2.48. The molecule has 42 heavy (non-hydrogen) atoms. The Morgan fingerprint density at radius 2 is 1.64 bits per heavy atom. The number of carbonyl (C=O) groups is 1. The van der Waals surface area contributed by atoms with E-state index in [1.807, 2.05) is 46.5 Å². The lowest BCUT2D eigenvalue weighted by molar-refractivity contribution is 0.0600. The lowest BCUT2D eigenvalue weighted by Gasteiger charge is -2.39. The number of nitrogens with zero attached hydrogens (tertiary/aromatic N) is 3. The van der Waals surface area contributed by atoms with Crippen LogP contribution in [0.1, 0.15) is 75.3 Å². The molecule has 2 saturated carbocycles. The predicted molar refractivity (Wildman–Crippen MR) is 164 cm³/mol. The highest BCUT2D eigenvalue weighted by molar-refractivity contribution is 7.87. The molecule has 0 aromatic heterocycles. The van der Waals surface area contributed by atoms with Crippen molar-refractivity contribution in [1.82, 2.24) is 18.8 Å². The zero-order valence-corrected chi connectivity index (χ0v) is 25.6. The molecule has 228 valence electrons. The fourth-order valence-electron chi connectivity index (χ4n) is 8.15. The Balaban J connectivity index is 1.09. The van der Waals surface area contributed by atoms with Gasteiger partial charge in [0.15, 0.2) is 0 Å². The van der Waals surface area contributed by atoms with Gasteiger partial charge in [-0.3, -0.25) is 0 Å². The fourth-order valence-corrected chi connectivity index (χ4v) is 10.1. The van der Waals surface area contributed by atoms with E-state index in [2.05, 4.69) is 40.0 Å². The lowest BCUT2D eigenvalue weighted by atomic mass is 9.88. The minimum Gasteiger partial charge on any atom is -0.445 e. The Kier molecular flexibility index (Phi) is 9.19. The van der Waals surface area contributed by atoms with Crippen LogP contribution in [0.4, 0.5) is 4.79 Å². The average Bonchev–Trinajstić information content (AvgIpc) is 3.54. The number of piperidine rings is 1. The minimum atomic E-state index is -3.45. The van der Waals surface area contributed by atoms with Crippen molar-refractivity contribution in [2.24, 2.45) is 5.92 Å². The van der Waals surface area contributed by atoms with Crippen LogP contribution in [0, 0.1) is 5.92 Å². The van der Waals surface area contributed by atoms with Crippen molar-refractivity contribution in [3.8, 4) is 0 Å². The number of rotatable bonds is 8. The average molecular weight is 595 g/mol. The SMILES string of the molecule is CCN(C(=O)OCc1ccccc1)C1CCN(C[C@H]2CC(N3[C@H]4CCCC[C@H]4NS3(=O)=O)C[C@@H]2c2ccccc2)CC1. The van der Waals surface area contributed by atoms with Crippen molar-refractivity contribution in [3.05, 3.63) is 71.8 Å². The normalized spacial score (nSPS) is 30.2. The highest BCUT2D eigenvalue weighted by atomic mass is 32.2. The molecule has 1 N–H and O–H groups in total. The van der Waals surface area contributed by atoms with Crippen LogP contribution >= 0.6 is 0 Å². The first-order chi connectivity index (χ1) is 20.4. The van der Waals surface area contributed by atoms with Crippen molar-refractivity contribution in [3.63, 3.8) is 0 Å². The molecule has 0 radical (unpaired) electrons. The first-order valence-electron chi connectivity index (χ1n) is 16.0. The fraction of sp³-hybridized carbons (Fsp3) is 0.606. The van der Waals surface area contributed by atoms with Crippen molar-refractivity contribution < 1.29 is 17.9 Å². The van der Waals surface area contributed by atoms with Gasteiger partial charge in [-0.2, -0.15) is 17.4 Å². The summed E-state index contributed by atoms with van der Waals surface area (Å²) in [5.74, 6) is 0.733. The summed E-state index contributed by atoms with van der Waals surface area (Å²) in [5.41, 5.74) is 2.32. The number of ether oxygens (including phenoxy) is 1. The molecular formula is C33H46N4O4S. The van der Waals surface area contributed by atoms with E-state index in [0.717, 1.165) is 76.6 Å². The summed E-state index contributed by atoms with van der Waals surface area (Å²) in [5, 5.41) is 0. The molecule has 0 bridgehead atoms. The van der Waals surface area contributed by atoms with Crippen molar-refractivity contribution >= 4 is 16.3 Å². The van der Waals surface area contributed by atoms with Gasteiger partial charge in [-0.25, -0.2) is 4.79 Å². The summed E-state index contributed by atoms with van der Waals surface area (Å²) in [4.78, 5) is 17.4. The molecule has 6 rings (SSSR count). The molecule has 4 aliphatic rings. The van der Waals surface area contributed by atoms with Gasteiger partial charge in [-0.05, 0) is 68.4 Å². The zero-order chi connectivity index (χ0) is 29.1. The van der Waals surface area contributed by atoms with E-state index in [0.29, 0.717) is 25.0 Å². The Bertz CT molecular complexity index is 1290. The highest BCUT2D eigenvalue weighted by Crippen LogP contribution is 2.46. The van der Waals surface area contributed by atoms with Crippen LogP contribution < -0.4 is 4.72 Å². The maximum Gasteiger partial charge on any atom is 0.410 e. The van der Waals surface area contributed by atoms with E-state index in [4.69, 9.17) is 4.74 Å². The summed E-state index contributed by atoms with van der Waals surface area (Å²) in [6, 6.07) is 20.9. The smallest absolute Gasteiger partial charge is 0.410 e. The number of fused-ring (bicyclic) bond motifs is 1. The number of hydrogen-bond acceptors (Lipinski definition) is 5. The van der Waals surface area contributed by atoms with Gasteiger partial charge in [0, 0.05) is 50.3 Å². The Morgan fingerprint density at radius 3 is 2.36 bits per heavy atom. The van der Waals surface area contributed by atoms with Gasteiger partial charge in [0.25, 0.3) is 10.2 Å². The molecule has 2 aliphatic carbocycles. The largest absolute Gasteiger partial charge is 0.445 e. The first kappa shape index (κ1) is 29.6. The topological polar surface area (TPSA) is 82.2 Å². The Labute approximate surface area is 251 Å². The second-order valence-corrected chi connectivity index (χ2v) is 14.3. The van der Waals surface area contributed by atoms with Crippen LogP contribution in [0.5, 0.6) is 0 Å². The molecule has 4 fully saturated rings. The molecule has 2 aromatic rings. The zero-order valence-electron chi connectivity index (χ0n) is 24.8.